The van der Waals surface area contributed by atoms with E-state index in [2.05, 4.69) is 5.10 Å². The van der Waals surface area contributed by atoms with E-state index in [-0.39, 0.29) is 12.0 Å². The summed E-state index contributed by atoms with van der Waals surface area (Å²) in [6, 6.07) is 10.0. The van der Waals surface area contributed by atoms with Crippen molar-refractivity contribution in [2.45, 2.75) is 26.4 Å². The lowest BCUT2D eigenvalue weighted by Crippen LogP contribution is -2.15. The lowest BCUT2D eigenvalue weighted by Gasteiger charge is -2.12. The molecule has 0 radical (unpaired) electrons. The van der Waals surface area contributed by atoms with E-state index >= 15 is 0 Å². The third-order valence-corrected chi connectivity index (χ3v) is 3.04. The molecule has 0 saturated carbocycles. The Hall–Kier alpha value is -1.61. The fraction of sp³-hybridized carbons (Fsp3) is 0.357. The Morgan fingerprint density at radius 1 is 1.24 bits per heavy atom. The highest BCUT2D eigenvalue weighted by atomic mass is 16.3. The molecule has 2 atom stereocenters. The maximum absolute atomic E-state index is 9.48. The van der Waals surface area contributed by atoms with Crippen LogP contribution in [-0.4, -0.2) is 21.0 Å². The van der Waals surface area contributed by atoms with Gasteiger partial charge in [-0.25, -0.2) is 4.68 Å². The molecule has 1 heterocycles. The number of nitrogens with zero attached hydrogens (tertiary/aromatic N) is 2. The van der Waals surface area contributed by atoms with Crippen molar-refractivity contribution in [3.8, 4) is 5.69 Å². The van der Waals surface area contributed by atoms with E-state index in [0.717, 1.165) is 17.7 Å². The van der Waals surface area contributed by atoms with Crippen molar-refractivity contribution in [3.63, 3.8) is 0 Å². The van der Waals surface area contributed by atoms with E-state index in [4.69, 9.17) is 0 Å². The molecule has 0 aliphatic carbocycles. The van der Waals surface area contributed by atoms with Crippen LogP contribution in [0.4, 0.5) is 0 Å². The highest BCUT2D eigenvalue weighted by molar-refractivity contribution is 5.30. The van der Waals surface area contributed by atoms with E-state index < -0.39 is 0 Å². The minimum absolute atomic E-state index is 0.253. The van der Waals surface area contributed by atoms with Gasteiger partial charge in [0.2, 0.25) is 0 Å². The normalized spacial score (nSPS) is 14.5. The predicted molar refractivity (Wildman–Crippen MR) is 68.1 cm³/mol. The molecular weight excluding hydrogens is 212 g/mol. The molecule has 0 saturated heterocycles. The van der Waals surface area contributed by atoms with Crippen LogP contribution in [0.1, 0.15) is 19.4 Å². The predicted octanol–water partition coefficient (Wildman–Crippen LogP) is 2.43. The first-order valence-electron chi connectivity index (χ1n) is 5.94. The third-order valence-electron chi connectivity index (χ3n) is 3.04. The molecule has 1 N–H and O–H groups in total. The van der Waals surface area contributed by atoms with E-state index in [1.807, 2.05) is 61.3 Å². The van der Waals surface area contributed by atoms with Crippen LogP contribution in [0.3, 0.4) is 0 Å². The number of rotatable bonds is 4. The average molecular weight is 230 g/mol. The highest BCUT2D eigenvalue weighted by Crippen LogP contribution is 2.13. The number of hydrogen-bond acceptors (Lipinski definition) is 2. The van der Waals surface area contributed by atoms with Gasteiger partial charge in [-0.05, 0) is 37.0 Å². The van der Waals surface area contributed by atoms with Gasteiger partial charge in [0.25, 0.3) is 0 Å². The highest BCUT2D eigenvalue weighted by Gasteiger charge is 2.11. The molecule has 0 aliphatic rings. The second-order valence-corrected chi connectivity index (χ2v) is 4.55. The number of aliphatic hydroxyl groups is 1. The van der Waals surface area contributed by atoms with Gasteiger partial charge in [0, 0.05) is 6.20 Å². The Labute approximate surface area is 102 Å². The summed E-state index contributed by atoms with van der Waals surface area (Å²) in [5.74, 6) is 0.253. The molecule has 0 amide bonds. The zero-order valence-corrected chi connectivity index (χ0v) is 10.2. The number of benzene rings is 1. The topological polar surface area (TPSA) is 38.1 Å². The van der Waals surface area contributed by atoms with Crippen molar-refractivity contribution >= 4 is 0 Å². The molecule has 0 aliphatic heterocycles. The van der Waals surface area contributed by atoms with Gasteiger partial charge in [-0.3, -0.25) is 0 Å². The Bertz CT molecular complexity index is 462. The van der Waals surface area contributed by atoms with E-state index in [9.17, 15) is 5.11 Å². The Morgan fingerprint density at radius 3 is 2.59 bits per heavy atom. The number of hydrogen-bond donors (Lipinski definition) is 1. The summed E-state index contributed by atoms with van der Waals surface area (Å²) in [5.41, 5.74) is 2.21. The van der Waals surface area contributed by atoms with Gasteiger partial charge in [0.05, 0.1) is 18.0 Å². The van der Waals surface area contributed by atoms with Crippen molar-refractivity contribution in [2.75, 3.05) is 0 Å². The molecule has 0 bridgehead atoms. The lowest BCUT2D eigenvalue weighted by atomic mass is 9.99. The summed E-state index contributed by atoms with van der Waals surface area (Å²) in [6.07, 6.45) is 4.46. The fourth-order valence-electron chi connectivity index (χ4n) is 1.73. The van der Waals surface area contributed by atoms with E-state index in [1.54, 1.807) is 0 Å². The van der Waals surface area contributed by atoms with Crippen LogP contribution in [0.5, 0.6) is 0 Å². The van der Waals surface area contributed by atoms with E-state index in [0.29, 0.717) is 0 Å². The fourth-order valence-corrected chi connectivity index (χ4v) is 1.73. The molecule has 3 heteroatoms. The first-order chi connectivity index (χ1) is 8.16. The summed E-state index contributed by atoms with van der Waals surface area (Å²) < 4.78 is 1.87. The summed E-state index contributed by atoms with van der Waals surface area (Å²) in [7, 11) is 0. The van der Waals surface area contributed by atoms with Gasteiger partial charge < -0.3 is 5.11 Å². The maximum atomic E-state index is 9.48. The molecule has 1 aromatic carbocycles. The van der Waals surface area contributed by atoms with Gasteiger partial charge >= 0.3 is 0 Å². The van der Waals surface area contributed by atoms with E-state index in [1.165, 1.54) is 0 Å². The van der Waals surface area contributed by atoms with Crippen molar-refractivity contribution in [1.29, 1.82) is 0 Å². The van der Waals surface area contributed by atoms with Crippen LogP contribution in [-0.2, 0) is 6.42 Å². The van der Waals surface area contributed by atoms with Gasteiger partial charge in [-0.2, -0.15) is 5.10 Å². The molecule has 90 valence electrons. The Kier molecular flexibility index (Phi) is 3.59. The second kappa shape index (κ2) is 5.15. The van der Waals surface area contributed by atoms with Crippen LogP contribution >= 0.6 is 0 Å². The van der Waals surface area contributed by atoms with Crippen molar-refractivity contribution in [2.24, 2.45) is 5.92 Å². The largest absolute Gasteiger partial charge is 0.393 e. The molecule has 2 aromatic rings. The zero-order chi connectivity index (χ0) is 12.3. The number of aliphatic hydroxyl groups excluding tert-OH is 1. The quantitative estimate of drug-likeness (QED) is 0.876. The van der Waals surface area contributed by atoms with Crippen LogP contribution in [0.15, 0.2) is 42.7 Å². The molecule has 3 nitrogen and oxygen atoms in total. The molecule has 0 fully saturated rings. The minimum Gasteiger partial charge on any atom is -0.393 e. The van der Waals surface area contributed by atoms with Crippen LogP contribution in [0, 0.1) is 5.92 Å². The Balaban J connectivity index is 2.12. The molecule has 0 spiro atoms. The summed E-state index contributed by atoms with van der Waals surface area (Å²) >= 11 is 0. The number of para-hydroxylation sites is 1. The zero-order valence-electron chi connectivity index (χ0n) is 10.2. The summed E-state index contributed by atoms with van der Waals surface area (Å²) in [6.45, 7) is 3.87. The second-order valence-electron chi connectivity index (χ2n) is 4.55. The smallest absolute Gasteiger partial charge is 0.0645 e. The molecule has 17 heavy (non-hydrogen) atoms. The van der Waals surface area contributed by atoms with Gasteiger partial charge in [0.1, 0.15) is 0 Å². The first-order valence-corrected chi connectivity index (χ1v) is 5.94. The van der Waals surface area contributed by atoms with Crippen LogP contribution in [0.2, 0.25) is 0 Å². The van der Waals surface area contributed by atoms with Crippen molar-refractivity contribution < 1.29 is 5.11 Å². The van der Waals surface area contributed by atoms with Crippen molar-refractivity contribution in [3.05, 3.63) is 48.3 Å². The van der Waals surface area contributed by atoms with Gasteiger partial charge in [-0.1, -0.05) is 25.1 Å². The van der Waals surface area contributed by atoms with Crippen LogP contribution in [0.25, 0.3) is 5.69 Å². The Morgan fingerprint density at radius 2 is 1.94 bits per heavy atom. The molecule has 1 aromatic heterocycles. The van der Waals surface area contributed by atoms with Gasteiger partial charge in [-0.15, -0.1) is 0 Å². The summed E-state index contributed by atoms with van der Waals surface area (Å²) in [4.78, 5) is 0. The molecule has 2 rings (SSSR count). The first kappa shape index (κ1) is 11.9. The third kappa shape index (κ3) is 2.94. The monoisotopic (exact) mass is 230 g/mol. The molecule has 2 unspecified atom stereocenters. The van der Waals surface area contributed by atoms with Crippen LogP contribution < -0.4 is 0 Å². The SMILES string of the molecule is CC(O)C(C)Cc1cnn(-c2ccccc2)c1. The van der Waals surface area contributed by atoms with Gasteiger partial charge in [0.15, 0.2) is 0 Å². The number of aromatic nitrogens is 2. The molecular formula is C14H18N2O. The average Bonchev–Trinajstić information content (AvgIpc) is 2.78. The maximum Gasteiger partial charge on any atom is 0.0645 e. The van der Waals surface area contributed by atoms with Crippen molar-refractivity contribution in [1.82, 2.24) is 9.78 Å². The summed E-state index contributed by atoms with van der Waals surface area (Å²) in [5, 5.41) is 13.8. The minimum atomic E-state index is -0.282. The standard InChI is InChI=1S/C14H18N2O/c1-11(12(2)17)8-13-9-15-16(10-13)14-6-4-3-5-7-14/h3-7,9-12,17H,8H2,1-2H3. The lowest BCUT2D eigenvalue weighted by molar-refractivity contribution is 0.135.